The van der Waals surface area contributed by atoms with Crippen molar-refractivity contribution in [1.29, 1.82) is 0 Å². The molecule has 19 heavy (non-hydrogen) atoms. The minimum Gasteiger partial charge on any atom is -0.481 e. The van der Waals surface area contributed by atoms with E-state index in [0.29, 0.717) is 5.02 Å². The van der Waals surface area contributed by atoms with Crippen LogP contribution < -0.4 is 0 Å². The average molecular weight is 282 g/mol. The Morgan fingerprint density at radius 2 is 1.95 bits per heavy atom. The third kappa shape index (κ3) is 5.14. The van der Waals surface area contributed by atoms with Gasteiger partial charge in [0.05, 0.1) is 5.92 Å². The molecule has 0 fully saturated rings. The molecule has 0 heterocycles. The Balaban J connectivity index is 2.58. The fourth-order valence-electron chi connectivity index (χ4n) is 1.45. The first-order valence-corrected chi connectivity index (χ1v) is 6.19. The summed E-state index contributed by atoms with van der Waals surface area (Å²) in [5.41, 5.74) is 0.859. The van der Waals surface area contributed by atoms with Crippen molar-refractivity contribution in [2.24, 2.45) is 5.92 Å². The van der Waals surface area contributed by atoms with E-state index in [2.05, 4.69) is 0 Å². The van der Waals surface area contributed by atoms with Crippen LogP contribution in [0.15, 0.2) is 30.3 Å². The number of likely N-dealkylation sites (N-methyl/N-ethyl adjacent to an activating group) is 1. The molecule has 1 N–H and O–H groups in total. The Morgan fingerprint density at radius 3 is 2.47 bits per heavy atom. The molecule has 5 heteroatoms. The van der Waals surface area contributed by atoms with Gasteiger partial charge >= 0.3 is 5.97 Å². The van der Waals surface area contributed by atoms with Gasteiger partial charge in [-0.2, -0.15) is 0 Å². The smallest absolute Gasteiger partial charge is 0.308 e. The lowest BCUT2D eigenvalue weighted by Gasteiger charge is -2.17. The van der Waals surface area contributed by atoms with E-state index < -0.39 is 11.9 Å². The zero-order chi connectivity index (χ0) is 14.4. The van der Waals surface area contributed by atoms with Crippen molar-refractivity contribution in [2.75, 3.05) is 13.6 Å². The van der Waals surface area contributed by atoms with E-state index in [1.165, 1.54) is 11.0 Å². The minimum absolute atomic E-state index is 0.180. The average Bonchev–Trinajstić information content (AvgIpc) is 2.37. The van der Waals surface area contributed by atoms with Gasteiger partial charge in [-0.3, -0.25) is 9.59 Å². The second kappa shape index (κ2) is 6.95. The summed E-state index contributed by atoms with van der Waals surface area (Å²) in [6.07, 6.45) is 3.08. The normalized spacial score (nSPS) is 12.4. The maximum Gasteiger partial charge on any atom is 0.308 e. The molecular formula is C14H16ClNO3. The fourth-order valence-corrected chi connectivity index (χ4v) is 1.57. The van der Waals surface area contributed by atoms with Crippen LogP contribution in [0.5, 0.6) is 0 Å². The van der Waals surface area contributed by atoms with Gasteiger partial charge in [0.1, 0.15) is 0 Å². The Kier molecular flexibility index (Phi) is 5.57. The summed E-state index contributed by atoms with van der Waals surface area (Å²) < 4.78 is 0. The number of aliphatic carboxylic acids is 1. The lowest BCUT2D eigenvalue weighted by Crippen LogP contribution is -2.32. The number of carbonyl (C=O) groups excluding carboxylic acids is 1. The molecule has 1 amide bonds. The molecule has 0 saturated carbocycles. The van der Waals surface area contributed by atoms with Gasteiger partial charge in [-0.1, -0.05) is 30.7 Å². The topological polar surface area (TPSA) is 57.6 Å². The first-order chi connectivity index (χ1) is 8.90. The minimum atomic E-state index is -0.915. The van der Waals surface area contributed by atoms with Crippen LogP contribution in [0.25, 0.3) is 6.08 Å². The maximum absolute atomic E-state index is 11.8. The van der Waals surface area contributed by atoms with Crippen molar-refractivity contribution in [3.8, 4) is 0 Å². The van der Waals surface area contributed by atoms with E-state index in [-0.39, 0.29) is 12.5 Å². The lowest BCUT2D eigenvalue weighted by atomic mass is 10.1. The molecule has 0 spiro atoms. The molecule has 0 aromatic heterocycles. The van der Waals surface area contributed by atoms with Gasteiger partial charge in [0.2, 0.25) is 5.91 Å². The van der Waals surface area contributed by atoms with Crippen molar-refractivity contribution in [3.63, 3.8) is 0 Å². The number of halogens is 1. The van der Waals surface area contributed by atoms with Crippen molar-refractivity contribution in [3.05, 3.63) is 40.9 Å². The van der Waals surface area contributed by atoms with E-state index >= 15 is 0 Å². The molecule has 0 saturated heterocycles. The summed E-state index contributed by atoms with van der Waals surface area (Å²) in [7, 11) is 1.58. The van der Waals surface area contributed by atoms with Crippen LogP contribution >= 0.6 is 11.6 Å². The van der Waals surface area contributed by atoms with E-state index in [4.69, 9.17) is 16.7 Å². The van der Waals surface area contributed by atoms with Crippen LogP contribution in [0.4, 0.5) is 0 Å². The summed E-state index contributed by atoms with van der Waals surface area (Å²) in [6, 6.07) is 7.07. The number of hydrogen-bond acceptors (Lipinski definition) is 2. The number of carboxylic acids is 1. The van der Waals surface area contributed by atoms with Crippen molar-refractivity contribution < 1.29 is 14.7 Å². The SMILES string of the molecule is CC(CN(C)C(=O)C=Cc1ccc(Cl)cc1)C(=O)O. The molecular weight excluding hydrogens is 266 g/mol. The molecule has 4 nitrogen and oxygen atoms in total. The zero-order valence-corrected chi connectivity index (χ0v) is 11.6. The molecule has 1 aromatic rings. The van der Waals surface area contributed by atoms with Gasteiger partial charge in [0.25, 0.3) is 0 Å². The summed E-state index contributed by atoms with van der Waals surface area (Å²) in [5, 5.41) is 9.41. The number of rotatable bonds is 5. The van der Waals surface area contributed by atoms with Gasteiger partial charge in [-0.15, -0.1) is 0 Å². The summed E-state index contributed by atoms with van der Waals surface area (Å²) in [6.45, 7) is 1.74. The van der Waals surface area contributed by atoms with Gasteiger partial charge in [-0.05, 0) is 23.8 Å². The van der Waals surface area contributed by atoms with Crippen LogP contribution in [0, 0.1) is 5.92 Å². The number of carbonyl (C=O) groups is 2. The van der Waals surface area contributed by atoms with Crippen LogP contribution in [0.3, 0.4) is 0 Å². The second-order valence-electron chi connectivity index (χ2n) is 4.34. The molecule has 1 rings (SSSR count). The molecule has 0 aliphatic heterocycles. The van der Waals surface area contributed by atoms with Gasteiger partial charge < -0.3 is 10.0 Å². The second-order valence-corrected chi connectivity index (χ2v) is 4.78. The Hall–Kier alpha value is -1.81. The molecule has 1 aromatic carbocycles. The predicted octanol–water partition coefficient (Wildman–Crippen LogP) is 2.53. The van der Waals surface area contributed by atoms with E-state index in [0.717, 1.165) is 5.56 Å². The Morgan fingerprint density at radius 1 is 1.37 bits per heavy atom. The maximum atomic E-state index is 11.8. The highest BCUT2D eigenvalue weighted by molar-refractivity contribution is 6.30. The van der Waals surface area contributed by atoms with Crippen LogP contribution in [-0.2, 0) is 9.59 Å². The highest BCUT2D eigenvalue weighted by Gasteiger charge is 2.15. The lowest BCUT2D eigenvalue weighted by molar-refractivity contribution is -0.142. The molecule has 0 aliphatic rings. The quantitative estimate of drug-likeness (QED) is 0.844. The number of nitrogens with zero attached hydrogens (tertiary/aromatic N) is 1. The zero-order valence-electron chi connectivity index (χ0n) is 10.8. The third-order valence-electron chi connectivity index (χ3n) is 2.63. The van der Waals surface area contributed by atoms with E-state index in [1.807, 2.05) is 0 Å². The number of hydrogen-bond donors (Lipinski definition) is 1. The molecule has 102 valence electrons. The summed E-state index contributed by atoms with van der Waals surface area (Å²) in [4.78, 5) is 23.8. The predicted molar refractivity (Wildman–Crippen MR) is 74.9 cm³/mol. The molecule has 1 atom stereocenters. The van der Waals surface area contributed by atoms with Crippen molar-refractivity contribution in [1.82, 2.24) is 4.90 Å². The van der Waals surface area contributed by atoms with Gasteiger partial charge in [-0.25, -0.2) is 0 Å². The summed E-state index contributed by atoms with van der Waals surface area (Å²) in [5.74, 6) is -1.73. The van der Waals surface area contributed by atoms with E-state index in [1.54, 1.807) is 44.3 Å². The Bertz CT molecular complexity index is 482. The summed E-state index contributed by atoms with van der Waals surface area (Å²) >= 11 is 5.76. The fraction of sp³-hybridized carbons (Fsp3) is 0.286. The first-order valence-electron chi connectivity index (χ1n) is 5.81. The number of amides is 1. The third-order valence-corrected chi connectivity index (χ3v) is 2.89. The van der Waals surface area contributed by atoms with Crippen LogP contribution in [0.2, 0.25) is 5.02 Å². The van der Waals surface area contributed by atoms with Crippen molar-refractivity contribution >= 4 is 29.6 Å². The van der Waals surface area contributed by atoms with Gasteiger partial charge in [0, 0.05) is 24.7 Å². The molecule has 0 aliphatic carbocycles. The van der Waals surface area contributed by atoms with E-state index in [9.17, 15) is 9.59 Å². The standard InChI is InChI=1S/C14H16ClNO3/c1-10(14(18)19)9-16(2)13(17)8-5-11-3-6-12(15)7-4-11/h3-8,10H,9H2,1-2H3,(H,18,19). The molecule has 1 unspecified atom stereocenters. The van der Waals surface area contributed by atoms with Gasteiger partial charge in [0.15, 0.2) is 0 Å². The molecule has 0 bridgehead atoms. The number of carboxylic acid groups (broad SMARTS) is 1. The monoisotopic (exact) mass is 281 g/mol. The molecule has 0 radical (unpaired) electrons. The highest BCUT2D eigenvalue weighted by Crippen LogP contribution is 2.10. The largest absolute Gasteiger partial charge is 0.481 e. The highest BCUT2D eigenvalue weighted by atomic mass is 35.5. The number of benzene rings is 1. The first kappa shape index (κ1) is 15.2. The van der Waals surface area contributed by atoms with Crippen molar-refractivity contribution in [2.45, 2.75) is 6.92 Å². The van der Waals surface area contributed by atoms with Crippen LogP contribution in [0.1, 0.15) is 12.5 Å². The Labute approximate surface area is 117 Å². The van der Waals surface area contributed by atoms with Crippen LogP contribution in [-0.4, -0.2) is 35.5 Å².